The Balaban J connectivity index is 1.96. The number of ether oxygens (including phenoxy) is 4. The van der Waals surface area contributed by atoms with Crippen LogP contribution in [0.2, 0.25) is 5.15 Å². The molecule has 0 fully saturated rings. The third-order valence-electron chi connectivity index (χ3n) is 5.39. The van der Waals surface area contributed by atoms with Crippen LogP contribution in [0.15, 0.2) is 41.6 Å². The fourth-order valence-electron chi connectivity index (χ4n) is 3.58. The van der Waals surface area contributed by atoms with Crippen molar-refractivity contribution in [2.75, 3.05) is 6.61 Å². The zero-order valence-corrected chi connectivity index (χ0v) is 24.3. The summed E-state index contributed by atoms with van der Waals surface area (Å²) in [5.74, 6) is -6.33. The van der Waals surface area contributed by atoms with E-state index in [9.17, 15) is 27.6 Å². The molecule has 2 aromatic heterocycles. The second-order valence-electron chi connectivity index (χ2n) is 8.82. The summed E-state index contributed by atoms with van der Waals surface area (Å²) in [5.41, 5.74) is -1.12. The van der Waals surface area contributed by atoms with Crippen LogP contribution >= 0.6 is 23.4 Å². The summed E-state index contributed by atoms with van der Waals surface area (Å²) in [6, 6.07) is 4.69. The smallest absolute Gasteiger partial charge is 0.303 e. The normalized spacial score (nSPS) is 14.0. The zero-order chi connectivity index (χ0) is 31.0. The van der Waals surface area contributed by atoms with E-state index < -0.39 is 59.1 Å². The molecule has 3 rings (SSSR count). The first-order chi connectivity index (χ1) is 19.8. The van der Waals surface area contributed by atoms with Crippen LogP contribution in [0.25, 0.3) is 11.3 Å². The van der Waals surface area contributed by atoms with Gasteiger partial charge in [-0.05, 0) is 31.2 Å². The fourth-order valence-corrected chi connectivity index (χ4v) is 4.90. The van der Waals surface area contributed by atoms with Crippen molar-refractivity contribution in [1.29, 1.82) is 0 Å². The van der Waals surface area contributed by atoms with Gasteiger partial charge in [0.1, 0.15) is 35.1 Å². The summed E-state index contributed by atoms with van der Waals surface area (Å²) in [6.45, 7) is 4.62. The van der Waals surface area contributed by atoms with Crippen LogP contribution in [-0.2, 0) is 39.9 Å². The number of pyridine rings is 1. The minimum atomic E-state index is -1.62. The Morgan fingerprint density at radius 3 is 2.26 bits per heavy atom. The molecule has 16 heteroatoms. The maximum Gasteiger partial charge on any atom is 0.303 e. The first-order valence-electron chi connectivity index (χ1n) is 12.3. The lowest BCUT2D eigenvalue weighted by molar-refractivity contribution is -0.170. The van der Waals surface area contributed by atoms with Gasteiger partial charge in [-0.2, -0.15) is 0 Å². The minimum Gasteiger partial charge on any atom is -0.463 e. The van der Waals surface area contributed by atoms with E-state index >= 15 is 0 Å². The average molecular weight is 631 g/mol. The van der Waals surface area contributed by atoms with Crippen molar-refractivity contribution in [1.82, 2.24) is 20.0 Å². The standard InChI is InChI=1S/C26H26ClF3N4O7S/c1-13(39-15(3)36)23(12-38-14(2)35)41-26(42-18-5-6-31-24(27)9-18)22(40-16(4)37)11-34-10-21(32-33-34)17-7-19(28)25(30)20(29)8-17/h5-10,13,22-23,26H,11-12H2,1-4H3/t13-,22+,23?,26?/m1/s1. The molecular formula is C26H26ClF3N4O7S. The number of thioether (sulfide) groups is 1. The Hall–Kier alpha value is -3.69. The molecule has 2 unspecified atom stereocenters. The number of benzene rings is 1. The predicted molar refractivity (Wildman–Crippen MR) is 143 cm³/mol. The first kappa shape index (κ1) is 32.8. The third-order valence-corrected chi connectivity index (χ3v) is 6.77. The van der Waals surface area contributed by atoms with Crippen LogP contribution in [0, 0.1) is 17.5 Å². The van der Waals surface area contributed by atoms with E-state index in [4.69, 9.17) is 30.5 Å². The fraction of sp³-hybridized carbons (Fsp3) is 0.385. The summed E-state index contributed by atoms with van der Waals surface area (Å²) in [7, 11) is 0. The van der Waals surface area contributed by atoms with Crippen LogP contribution in [0.3, 0.4) is 0 Å². The van der Waals surface area contributed by atoms with Crippen molar-refractivity contribution in [2.45, 2.75) is 62.9 Å². The van der Waals surface area contributed by atoms with Gasteiger partial charge in [-0.15, -0.1) is 5.10 Å². The number of nitrogens with zero attached hydrogens (tertiary/aromatic N) is 4. The molecule has 0 amide bonds. The average Bonchev–Trinajstić information content (AvgIpc) is 3.36. The van der Waals surface area contributed by atoms with Gasteiger partial charge in [0, 0.05) is 37.4 Å². The van der Waals surface area contributed by atoms with E-state index in [0.717, 1.165) is 23.9 Å². The molecule has 42 heavy (non-hydrogen) atoms. The van der Waals surface area contributed by atoms with E-state index in [2.05, 4.69) is 15.3 Å². The van der Waals surface area contributed by atoms with Gasteiger partial charge in [0.15, 0.2) is 23.6 Å². The van der Waals surface area contributed by atoms with Gasteiger partial charge in [-0.3, -0.25) is 14.4 Å². The Morgan fingerprint density at radius 1 is 1.00 bits per heavy atom. The molecule has 0 radical (unpaired) electrons. The molecule has 0 aliphatic heterocycles. The van der Waals surface area contributed by atoms with Gasteiger partial charge in [0.2, 0.25) is 0 Å². The van der Waals surface area contributed by atoms with Gasteiger partial charge in [0.25, 0.3) is 0 Å². The lowest BCUT2D eigenvalue weighted by Gasteiger charge is -2.32. The highest BCUT2D eigenvalue weighted by Gasteiger charge is 2.34. The van der Waals surface area contributed by atoms with Crippen molar-refractivity contribution in [2.24, 2.45) is 0 Å². The first-order valence-corrected chi connectivity index (χ1v) is 13.5. The Labute approximate surface area is 247 Å². The molecule has 0 N–H and O–H groups in total. The zero-order valence-electron chi connectivity index (χ0n) is 22.8. The van der Waals surface area contributed by atoms with Gasteiger partial charge in [-0.25, -0.2) is 22.8 Å². The summed E-state index contributed by atoms with van der Waals surface area (Å²) in [5, 5.41) is 8.00. The predicted octanol–water partition coefficient (Wildman–Crippen LogP) is 4.36. The molecule has 11 nitrogen and oxygen atoms in total. The van der Waals surface area contributed by atoms with Gasteiger partial charge < -0.3 is 18.9 Å². The van der Waals surface area contributed by atoms with Crippen LogP contribution in [0.5, 0.6) is 0 Å². The molecule has 0 saturated carbocycles. The van der Waals surface area contributed by atoms with Crippen molar-refractivity contribution >= 4 is 41.3 Å². The Bertz CT molecular complexity index is 1410. The van der Waals surface area contributed by atoms with E-state index in [1.807, 2.05) is 0 Å². The highest BCUT2D eigenvalue weighted by molar-refractivity contribution is 7.99. The van der Waals surface area contributed by atoms with Crippen molar-refractivity contribution in [3.05, 3.63) is 59.3 Å². The van der Waals surface area contributed by atoms with Crippen LogP contribution in [-0.4, -0.2) is 68.2 Å². The number of carbonyl (C=O) groups excluding carboxylic acids is 3. The molecule has 0 spiro atoms. The highest BCUT2D eigenvalue weighted by atomic mass is 35.5. The quantitative estimate of drug-likeness (QED) is 0.0666. The molecule has 3 aromatic rings. The molecule has 0 bridgehead atoms. The molecule has 0 aliphatic carbocycles. The minimum absolute atomic E-state index is 0.0108. The number of hydrogen-bond acceptors (Lipinski definition) is 11. The van der Waals surface area contributed by atoms with E-state index in [-0.39, 0.29) is 29.6 Å². The number of halogens is 4. The summed E-state index contributed by atoms with van der Waals surface area (Å²) < 4.78 is 64.4. The molecule has 2 heterocycles. The molecule has 0 saturated heterocycles. The monoisotopic (exact) mass is 630 g/mol. The number of aromatic nitrogens is 4. The van der Waals surface area contributed by atoms with Crippen molar-refractivity contribution in [3.8, 4) is 11.3 Å². The number of carbonyl (C=O) groups is 3. The number of esters is 3. The van der Waals surface area contributed by atoms with Gasteiger partial charge in [-0.1, -0.05) is 28.6 Å². The third kappa shape index (κ3) is 9.70. The Morgan fingerprint density at radius 2 is 1.67 bits per heavy atom. The molecule has 1 aromatic carbocycles. The maximum atomic E-state index is 13.8. The van der Waals surface area contributed by atoms with Crippen molar-refractivity contribution < 1.29 is 46.5 Å². The van der Waals surface area contributed by atoms with Crippen LogP contribution in [0.4, 0.5) is 13.2 Å². The summed E-state index contributed by atoms with van der Waals surface area (Å²) in [4.78, 5) is 39.8. The second kappa shape index (κ2) is 15.0. The maximum absolute atomic E-state index is 13.8. The second-order valence-corrected chi connectivity index (χ2v) is 10.4. The molecule has 0 aliphatic rings. The lowest BCUT2D eigenvalue weighted by Crippen LogP contribution is -2.43. The van der Waals surface area contributed by atoms with E-state index in [1.165, 1.54) is 50.8 Å². The largest absolute Gasteiger partial charge is 0.463 e. The molecule has 226 valence electrons. The lowest BCUT2D eigenvalue weighted by atomic mass is 10.1. The number of hydrogen-bond donors (Lipinski definition) is 0. The van der Waals surface area contributed by atoms with Crippen LogP contribution < -0.4 is 0 Å². The topological polar surface area (TPSA) is 132 Å². The summed E-state index contributed by atoms with van der Waals surface area (Å²) in [6.07, 6.45) is -0.261. The molecular weight excluding hydrogens is 605 g/mol. The van der Waals surface area contributed by atoms with Gasteiger partial charge >= 0.3 is 17.9 Å². The summed E-state index contributed by atoms with van der Waals surface area (Å²) >= 11 is 7.12. The van der Waals surface area contributed by atoms with Crippen LogP contribution in [0.1, 0.15) is 27.7 Å². The van der Waals surface area contributed by atoms with E-state index in [1.54, 1.807) is 6.07 Å². The molecule has 4 atom stereocenters. The van der Waals surface area contributed by atoms with Crippen molar-refractivity contribution in [3.63, 3.8) is 0 Å². The van der Waals surface area contributed by atoms with Gasteiger partial charge in [0.05, 0.1) is 12.7 Å². The van der Waals surface area contributed by atoms with E-state index in [0.29, 0.717) is 4.90 Å². The highest BCUT2D eigenvalue weighted by Crippen LogP contribution is 2.32. The Kier molecular flexibility index (Phi) is 11.7. The SMILES string of the molecule is CC(=O)OCC(OC(Sc1ccnc(Cl)c1)[C@H](Cn1cc(-c2cc(F)c(F)c(F)c2)nn1)OC(C)=O)[C@@H](C)OC(C)=O. The number of rotatable bonds is 13.